The second kappa shape index (κ2) is 6.57. The number of hydrogen-bond donors (Lipinski definition) is 1. The van der Waals surface area contributed by atoms with Gasteiger partial charge < -0.3 is 14.7 Å². The van der Waals surface area contributed by atoms with Gasteiger partial charge in [0.25, 0.3) is 0 Å². The summed E-state index contributed by atoms with van der Waals surface area (Å²) in [4.78, 5) is 13.6. The van der Waals surface area contributed by atoms with Crippen molar-refractivity contribution in [1.82, 2.24) is 4.90 Å². The Morgan fingerprint density at radius 1 is 1.37 bits per heavy atom. The minimum absolute atomic E-state index is 0.0898. The molecule has 1 amide bonds. The van der Waals surface area contributed by atoms with Crippen LogP contribution in [0.25, 0.3) is 0 Å². The number of aliphatic hydroxyl groups is 1. The molecule has 1 aromatic rings. The maximum absolute atomic E-state index is 11.9. The fraction of sp³-hybridized carbons (Fsp3) is 0.533. The number of carbonyl (C=O) groups is 1. The van der Waals surface area contributed by atoms with Gasteiger partial charge >= 0.3 is 6.09 Å². The molecule has 1 aliphatic carbocycles. The molecule has 4 heteroatoms. The Morgan fingerprint density at radius 3 is 2.79 bits per heavy atom. The highest BCUT2D eigenvalue weighted by Gasteiger charge is 2.27. The number of rotatable bonds is 3. The third-order valence-electron chi connectivity index (χ3n) is 3.66. The van der Waals surface area contributed by atoms with Crippen molar-refractivity contribution in [2.45, 2.75) is 44.4 Å². The molecule has 0 aromatic heterocycles. The Hall–Kier alpha value is -1.55. The quantitative estimate of drug-likeness (QED) is 0.911. The molecule has 1 aliphatic rings. The van der Waals surface area contributed by atoms with Crippen molar-refractivity contribution in [2.75, 3.05) is 7.05 Å². The third kappa shape index (κ3) is 3.96. The summed E-state index contributed by atoms with van der Waals surface area (Å²) in [5.41, 5.74) is 0.980. The van der Waals surface area contributed by atoms with Crippen LogP contribution < -0.4 is 0 Å². The zero-order valence-corrected chi connectivity index (χ0v) is 11.3. The Labute approximate surface area is 114 Å². The number of nitrogens with zero attached hydrogens (tertiary/aromatic N) is 1. The normalized spacial score (nSPS) is 22.8. The van der Waals surface area contributed by atoms with Crippen LogP contribution in [0, 0.1) is 0 Å². The van der Waals surface area contributed by atoms with E-state index >= 15 is 0 Å². The van der Waals surface area contributed by atoms with Gasteiger partial charge in [-0.15, -0.1) is 0 Å². The van der Waals surface area contributed by atoms with E-state index in [4.69, 9.17) is 4.74 Å². The Morgan fingerprint density at radius 2 is 2.11 bits per heavy atom. The van der Waals surface area contributed by atoms with E-state index in [1.165, 1.54) is 0 Å². The van der Waals surface area contributed by atoms with Gasteiger partial charge in [0, 0.05) is 13.1 Å². The number of carbonyl (C=O) groups excluding carboxylic acids is 1. The van der Waals surface area contributed by atoms with Gasteiger partial charge in [0.1, 0.15) is 6.61 Å². The van der Waals surface area contributed by atoms with Crippen molar-refractivity contribution >= 4 is 6.09 Å². The molecule has 2 atom stereocenters. The highest BCUT2D eigenvalue weighted by atomic mass is 16.6. The minimum Gasteiger partial charge on any atom is -0.445 e. The van der Waals surface area contributed by atoms with Gasteiger partial charge in [-0.2, -0.15) is 0 Å². The van der Waals surface area contributed by atoms with Crippen molar-refractivity contribution in [3.8, 4) is 0 Å². The van der Waals surface area contributed by atoms with E-state index in [1.807, 2.05) is 30.3 Å². The van der Waals surface area contributed by atoms with Crippen LogP contribution in [0.4, 0.5) is 4.79 Å². The standard InChI is InChI=1S/C15H21NO3/c1-16(13-8-5-9-14(17)10-13)15(18)19-11-12-6-3-2-4-7-12/h2-4,6-7,13-14,17H,5,8-11H2,1H3. The average molecular weight is 263 g/mol. The Kier molecular flexibility index (Phi) is 4.80. The van der Waals surface area contributed by atoms with E-state index in [1.54, 1.807) is 11.9 Å². The fourth-order valence-corrected chi connectivity index (χ4v) is 2.46. The molecule has 1 aromatic carbocycles. The summed E-state index contributed by atoms with van der Waals surface area (Å²) < 4.78 is 5.28. The molecule has 0 heterocycles. The number of amides is 1. The van der Waals surface area contributed by atoms with Crippen LogP contribution in [-0.2, 0) is 11.3 Å². The van der Waals surface area contributed by atoms with E-state index in [-0.39, 0.29) is 18.2 Å². The molecule has 2 unspecified atom stereocenters. The van der Waals surface area contributed by atoms with Crippen molar-refractivity contribution in [1.29, 1.82) is 0 Å². The van der Waals surface area contributed by atoms with Crippen molar-refractivity contribution < 1.29 is 14.6 Å². The minimum atomic E-state index is -0.317. The summed E-state index contributed by atoms with van der Waals surface area (Å²) in [7, 11) is 1.75. The van der Waals surface area contributed by atoms with Gasteiger partial charge in [-0.3, -0.25) is 0 Å². The third-order valence-corrected chi connectivity index (χ3v) is 3.66. The van der Waals surface area contributed by atoms with Crippen molar-refractivity contribution in [3.63, 3.8) is 0 Å². The molecule has 0 bridgehead atoms. The molecule has 1 fully saturated rings. The smallest absolute Gasteiger partial charge is 0.410 e. The van der Waals surface area contributed by atoms with E-state index in [0.717, 1.165) is 24.8 Å². The predicted octanol–water partition coefficient (Wildman–Crippen LogP) is 2.56. The molecule has 19 heavy (non-hydrogen) atoms. The Balaban J connectivity index is 1.82. The van der Waals surface area contributed by atoms with Crippen LogP contribution in [0.2, 0.25) is 0 Å². The van der Waals surface area contributed by atoms with Gasteiger partial charge in [-0.1, -0.05) is 30.3 Å². The SMILES string of the molecule is CN(C(=O)OCc1ccccc1)C1CCCC(O)C1. The summed E-state index contributed by atoms with van der Waals surface area (Å²) in [6.45, 7) is 0.291. The molecular formula is C15H21NO3. The fourth-order valence-electron chi connectivity index (χ4n) is 2.46. The summed E-state index contributed by atoms with van der Waals surface area (Å²) in [6, 6.07) is 9.72. The highest BCUT2D eigenvalue weighted by molar-refractivity contribution is 5.67. The predicted molar refractivity (Wildman–Crippen MR) is 72.7 cm³/mol. The summed E-state index contributed by atoms with van der Waals surface area (Å²) in [5, 5.41) is 9.64. The lowest BCUT2D eigenvalue weighted by Gasteiger charge is -2.32. The zero-order valence-electron chi connectivity index (χ0n) is 11.3. The number of hydrogen-bond acceptors (Lipinski definition) is 3. The van der Waals surface area contributed by atoms with Crippen molar-refractivity contribution in [2.24, 2.45) is 0 Å². The molecule has 0 radical (unpaired) electrons. The summed E-state index contributed by atoms with van der Waals surface area (Å²) in [5.74, 6) is 0. The molecule has 1 saturated carbocycles. The monoisotopic (exact) mass is 263 g/mol. The molecule has 2 rings (SSSR count). The van der Waals surface area contributed by atoms with E-state index in [2.05, 4.69) is 0 Å². The van der Waals surface area contributed by atoms with E-state index < -0.39 is 0 Å². The molecule has 0 spiro atoms. The molecule has 0 aliphatic heterocycles. The number of benzene rings is 1. The van der Waals surface area contributed by atoms with E-state index in [0.29, 0.717) is 13.0 Å². The average Bonchev–Trinajstić information content (AvgIpc) is 2.45. The molecule has 4 nitrogen and oxygen atoms in total. The highest BCUT2D eigenvalue weighted by Crippen LogP contribution is 2.22. The largest absolute Gasteiger partial charge is 0.445 e. The molecule has 104 valence electrons. The van der Waals surface area contributed by atoms with Crippen molar-refractivity contribution in [3.05, 3.63) is 35.9 Å². The molecular weight excluding hydrogens is 242 g/mol. The number of ether oxygens (including phenoxy) is 1. The first-order valence-corrected chi connectivity index (χ1v) is 6.78. The van der Waals surface area contributed by atoms with Gasteiger partial charge in [-0.25, -0.2) is 4.79 Å². The van der Waals surface area contributed by atoms with Crippen LogP contribution >= 0.6 is 0 Å². The number of aliphatic hydroxyl groups excluding tert-OH is 1. The first-order chi connectivity index (χ1) is 9.16. The second-order valence-electron chi connectivity index (χ2n) is 5.13. The summed E-state index contributed by atoms with van der Waals surface area (Å²) >= 11 is 0. The topological polar surface area (TPSA) is 49.8 Å². The maximum Gasteiger partial charge on any atom is 0.410 e. The summed E-state index contributed by atoms with van der Waals surface area (Å²) in [6.07, 6.45) is 2.78. The lowest BCUT2D eigenvalue weighted by molar-refractivity contribution is 0.0524. The second-order valence-corrected chi connectivity index (χ2v) is 5.13. The van der Waals surface area contributed by atoms with Crippen LogP contribution in [0.3, 0.4) is 0 Å². The van der Waals surface area contributed by atoms with Crippen LogP contribution in [-0.4, -0.2) is 35.3 Å². The first kappa shape index (κ1) is 13.9. The lowest BCUT2D eigenvalue weighted by Crippen LogP contribution is -2.41. The van der Waals surface area contributed by atoms with E-state index in [9.17, 15) is 9.90 Å². The van der Waals surface area contributed by atoms with Gasteiger partial charge in [-0.05, 0) is 31.2 Å². The van der Waals surface area contributed by atoms with Crippen LogP contribution in [0.1, 0.15) is 31.2 Å². The molecule has 0 saturated heterocycles. The Bertz CT molecular complexity index is 407. The van der Waals surface area contributed by atoms with Gasteiger partial charge in [0.2, 0.25) is 0 Å². The van der Waals surface area contributed by atoms with Crippen LogP contribution in [0.15, 0.2) is 30.3 Å². The van der Waals surface area contributed by atoms with Gasteiger partial charge in [0.05, 0.1) is 6.10 Å². The maximum atomic E-state index is 11.9. The zero-order chi connectivity index (χ0) is 13.7. The molecule has 1 N–H and O–H groups in total. The van der Waals surface area contributed by atoms with Gasteiger partial charge in [0.15, 0.2) is 0 Å². The lowest BCUT2D eigenvalue weighted by atomic mass is 9.92. The first-order valence-electron chi connectivity index (χ1n) is 6.78. The van der Waals surface area contributed by atoms with Crippen LogP contribution in [0.5, 0.6) is 0 Å².